The molecule has 0 unspecified atom stereocenters. The van der Waals surface area contributed by atoms with E-state index in [2.05, 4.69) is 238 Å². The highest BCUT2D eigenvalue weighted by Gasteiger charge is 2.51. The van der Waals surface area contributed by atoms with Crippen molar-refractivity contribution in [3.05, 3.63) is 147 Å². The van der Waals surface area contributed by atoms with Crippen molar-refractivity contribution >= 4 is 68.4 Å². The van der Waals surface area contributed by atoms with Crippen LogP contribution in [0.5, 0.6) is 0 Å². The molecule has 372 valence electrons. The molecule has 7 aromatic rings. The molecule has 0 atom stereocenters. The number of nitrogens with zero attached hydrogens (tertiary/aromatic N) is 2. The van der Waals surface area contributed by atoms with E-state index in [0.717, 1.165) is 24.1 Å². The minimum atomic E-state index is -0.136. The number of hydrogen-bond donors (Lipinski definition) is 0. The lowest BCUT2D eigenvalue weighted by Gasteiger charge is -2.49. The van der Waals surface area contributed by atoms with Gasteiger partial charge in [-0.05, 0) is 186 Å². The molecule has 3 heterocycles. The van der Waals surface area contributed by atoms with Crippen molar-refractivity contribution < 1.29 is 4.42 Å². The average molecular weight is 953 g/mol. The van der Waals surface area contributed by atoms with Crippen LogP contribution in [0.1, 0.15) is 193 Å². The first kappa shape index (κ1) is 48.8. The van der Waals surface area contributed by atoms with E-state index in [9.17, 15) is 0 Å². The Kier molecular flexibility index (Phi) is 10.5. The Morgan fingerprint density at radius 2 is 1.04 bits per heavy atom. The Morgan fingerprint density at radius 3 is 1.67 bits per heavy atom. The van der Waals surface area contributed by atoms with Crippen LogP contribution in [0.25, 0.3) is 22.1 Å². The molecule has 72 heavy (non-hydrogen) atoms. The molecule has 0 N–H and O–H groups in total. The number of benzene rings is 6. The smallest absolute Gasteiger partial charge is 0.297 e. The SMILES string of the molecule is Cc1cc2c3c(c1)N(c1c(C)cc(C(C)(C)C)cc1-c1ccc4c(c1)C(C)(C)CCC4(C)C)c1c(oc4ccc(C(C)(C)C)cc14)B3c1ccc3c(c1N2c1ccc(C(C)(C)C)cc1)C(C)(C)CCC3(C)C. The molecule has 1 aromatic heterocycles. The van der Waals surface area contributed by atoms with Gasteiger partial charge in [-0.25, -0.2) is 0 Å². The second kappa shape index (κ2) is 15.5. The number of hydrogen-bond acceptors (Lipinski definition) is 3. The molecule has 0 saturated carbocycles. The van der Waals surface area contributed by atoms with Crippen LogP contribution in [0.3, 0.4) is 0 Å². The maximum Gasteiger partial charge on any atom is 0.297 e. The van der Waals surface area contributed by atoms with Crippen LogP contribution in [0.15, 0.2) is 101 Å². The molecule has 2 aliphatic heterocycles. The predicted octanol–water partition coefficient (Wildman–Crippen LogP) is 17.4. The Balaban J connectivity index is 1.29. The molecular weight excluding hydrogens is 872 g/mol. The van der Waals surface area contributed by atoms with Crippen molar-refractivity contribution in [1.82, 2.24) is 0 Å². The van der Waals surface area contributed by atoms with Crippen LogP contribution in [0, 0.1) is 13.8 Å². The molecular formula is C68H81BN2O. The fraction of sp³-hybridized carbons (Fsp3) is 0.441. The highest BCUT2D eigenvalue weighted by Crippen LogP contribution is 2.56. The molecule has 0 saturated heterocycles. The number of rotatable bonds is 3. The summed E-state index contributed by atoms with van der Waals surface area (Å²) in [5.74, 6) is 0. The molecule has 0 bridgehead atoms. The van der Waals surface area contributed by atoms with E-state index in [4.69, 9.17) is 4.42 Å². The van der Waals surface area contributed by atoms with Gasteiger partial charge in [0.1, 0.15) is 5.58 Å². The molecule has 4 aliphatic rings. The second-order valence-corrected chi connectivity index (χ2v) is 28.6. The van der Waals surface area contributed by atoms with Crippen molar-refractivity contribution in [3.8, 4) is 11.1 Å². The molecule has 0 radical (unpaired) electrons. The quantitative estimate of drug-likeness (QED) is 0.165. The zero-order valence-electron chi connectivity index (χ0n) is 47.4. The topological polar surface area (TPSA) is 19.6 Å². The van der Waals surface area contributed by atoms with Crippen molar-refractivity contribution in [1.29, 1.82) is 0 Å². The lowest BCUT2D eigenvalue weighted by molar-refractivity contribution is 0.332. The van der Waals surface area contributed by atoms with Crippen LogP contribution in [-0.4, -0.2) is 6.71 Å². The van der Waals surface area contributed by atoms with Gasteiger partial charge in [0.05, 0.1) is 17.0 Å². The fourth-order valence-corrected chi connectivity index (χ4v) is 13.4. The Labute approximate surface area is 433 Å². The van der Waals surface area contributed by atoms with Crippen LogP contribution in [0.2, 0.25) is 0 Å². The normalized spacial score (nSPS) is 18.3. The van der Waals surface area contributed by atoms with Gasteiger partial charge < -0.3 is 14.2 Å². The molecule has 11 rings (SSSR count). The minimum absolute atomic E-state index is 0.0320. The molecule has 4 heteroatoms. The fourth-order valence-electron chi connectivity index (χ4n) is 13.4. The molecule has 6 aromatic carbocycles. The zero-order valence-corrected chi connectivity index (χ0v) is 47.4. The molecule has 0 amide bonds. The summed E-state index contributed by atoms with van der Waals surface area (Å²) in [6.07, 6.45) is 4.64. The summed E-state index contributed by atoms with van der Waals surface area (Å²) in [7, 11) is 0. The van der Waals surface area contributed by atoms with Gasteiger partial charge in [0, 0.05) is 33.7 Å². The summed E-state index contributed by atoms with van der Waals surface area (Å²) in [6.45, 7) is 45.3. The maximum absolute atomic E-state index is 7.61. The Bertz CT molecular complexity index is 3390. The van der Waals surface area contributed by atoms with Gasteiger partial charge in [-0.2, -0.15) is 0 Å². The molecule has 3 nitrogen and oxygen atoms in total. The van der Waals surface area contributed by atoms with Crippen molar-refractivity contribution in [2.75, 3.05) is 9.80 Å². The summed E-state index contributed by atoms with van der Waals surface area (Å²) in [4.78, 5) is 5.36. The van der Waals surface area contributed by atoms with E-state index in [1.165, 1.54) is 124 Å². The van der Waals surface area contributed by atoms with Crippen molar-refractivity contribution in [3.63, 3.8) is 0 Å². The zero-order chi connectivity index (χ0) is 51.8. The van der Waals surface area contributed by atoms with E-state index >= 15 is 0 Å². The summed E-state index contributed by atoms with van der Waals surface area (Å²) in [5, 5.41) is 1.17. The summed E-state index contributed by atoms with van der Waals surface area (Å²) < 4.78 is 7.61. The van der Waals surface area contributed by atoms with Crippen LogP contribution in [-0.2, 0) is 37.9 Å². The first-order chi connectivity index (χ1) is 33.4. The summed E-state index contributed by atoms with van der Waals surface area (Å²) in [6, 6.07) is 39.1. The van der Waals surface area contributed by atoms with Crippen molar-refractivity contribution in [2.24, 2.45) is 0 Å². The van der Waals surface area contributed by atoms with Gasteiger partial charge in [-0.1, -0.05) is 172 Å². The number of fused-ring (bicyclic) bond motifs is 9. The lowest BCUT2D eigenvalue weighted by Crippen LogP contribution is -2.61. The minimum Gasteiger partial charge on any atom is -0.468 e. The van der Waals surface area contributed by atoms with Gasteiger partial charge in [0.25, 0.3) is 6.71 Å². The van der Waals surface area contributed by atoms with E-state index in [1.807, 2.05) is 0 Å². The van der Waals surface area contributed by atoms with E-state index in [-0.39, 0.29) is 44.6 Å². The van der Waals surface area contributed by atoms with Crippen LogP contribution >= 0.6 is 0 Å². The van der Waals surface area contributed by atoms with Gasteiger partial charge >= 0.3 is 0 Å². The van der Waals surface area contributed by atoms with Crippen LogP contribution < -0.4 is 26.4 Å². The number of aryl methyl sites for hydroxylation is 2. The largest absolute Gasteiger partial charge is 0.468 e. The Hall–Kier alpha value is -5.48. The number of furan rings is 1. The lowest BCUT2D eigenvalue weighted by atomic mass is 9.35. The number of anilines is 6. The van der Waals surface area contributed by atoms with Crippen molar-refractivity contribution in [2.45, 2.75) is 195 Å². The first-order valence-electron chi connectivity index (χ1n) is 27.3. The summed E-state index contributed by atoms with van der Waals surface area (Å²) >= 11 is 0. The molecule has 2 aliphatic carbocycles. The molecule has 0 fully saturated rings. The van der Waals surface area contributed by atoms with Gasteiger partial charge in [-0.15, -0.1) is 0 Å². The monoisotopic (exact) mass is 953 g/mol. The third kappa shape index (κ3) is 7.40. The van der Waals surface area contributed by atoms with Gasteiger partial charge in [-0.3, -0.25) is 0 Å². The Morgan fingerprint density at radius 1 is 0.486 bits per heavy atom. The molecule has 0 spiro atoms. The third-order valence-electron chi connectivity index (χ3n) is 18.2. The van der Waals surface area contributed by atoms with E-state index < -0.39 is 0 Å². The predicted molar refractivity (Wildman–Crippen MR) is 312 cm³/mol. The van der Waals surface area contributed by atoms with Crippen LogP contribution in [0.4, 0.5) is 34.1 Å². The van der Waals surface area contributed by atoms with Gasteiger partial charge in [0.2, 0.25) is 0 Å². The highest BCUT2D eigenvalue weighted by molar-refractivity contribution is 7.00. The highest BCUT2D eigenvalue weighted by atomic mass is 16.3. The maximum atomic E-state index is 7.61. The van der Waals surface area contributed by atoms with Gasteiger partial charge in [0.15, 0.2) is 0 Å². The third-order valence-corrected chi connectivity index (χ3v) is 18.2. The van der Waals surface area contributed by atoms with E-state index in [1.54, 1.807) is 0 Å². The average Bonchev–Trinajstić information content (AvgIpc) is 3.67. The standard InChI is InChI=1S/C68H81BN2O/c1-40-34-53-57-54(35-40)71(58-41(2)36-45(64(9,10)11)39-47(58)42-20-26-49-51(37-42)67(16,17)31-30-65(49,12)13)59-48-38-44(63(6,7)8)23-29-55(48)72-61(59)69(57)52-28-27-50-56(68(18,19)33-32-66(50,14)15)60(52)70(53)46-24-21-43(22-25-46)62(3,4)5/h20-29,34-39H,30-33H2,1-19H3. The first-order valence-corrected chi connectivity index (χ1v) is 27.3. The van der Waals surface area contributed by atoms with E-state index in [0.29, 0.717) is 0 Å². The summed E-state index contributed by atoms with van der Waals surface area (Å²) in [5.41, 5.74) is 27.1. The second-order valence-electron chi connectivity index (χ2n) is 28.6.